The zero-order chi connectivity index (χ0) is 10.3. The van der Waals surface area contributed by atoms with Gasteiger partial charge in [0, 0.05) is 6.42 Å². The van der Waals surface area contributed by atoms with Crippen LogP contribution in [-0.2, 0) is 9.59 Å². The Bertz CT molecular complexity index is 180. The molecule has 4 nitrogen and oxygen atoms in total. The number of carbonyl (C=O) groups excluding carboxylic acids is 2. The topological polar surface area (TPSA) is 69.2 Å². The molecule has 1 amide bonds. The number of hydrogen-bond acceptors (Lipinski definition) is 3. The van der Waals surface area contributed by atoms with E-state index in [1.165, 1.54) is 6.92 Å². The second-order valence-corrected chi connectivity index (χ2v) is 3.07. The molecule has 0 aromatic carbocycles. The van der Waals surface area contributed by atoms with E-state index in [1.54, 1.807) is 0 Å². The van der Waals surface area contributed by atoms with Crippen molar-refractivity contribution in [2.75, 3.05) is 0 Å². The standard InChI is InChI=1S/C9H17NO3/c1-3-4-5-6-8(11)10-7(2)9(12)13/h7H,3-6H2,1-2H3,(H,10,11)(H,12,13)/p-1/t7-/m1/s1. The summed E-state index contributed by atoms with van der Waals surface area (Å²) in [5.41, 5.74) is 0. The lowest BCUT2D eigenvalue weighted by molar-refractivity contribution is -0.307. The van der Waals surface area contributed by atoms with Crippen molar-refractivity contribution in [2.24, 2.45) is 0 Å². The lowest BCUT2D eigenvalue weighted by Gasteiger charge is -2.14. The minimum Gasteiger partial charge on any atom is -0.548 e. The Morgan fingerprint density at radius 2 is 2.00 bits per heavy atom. The van der Waals surface area contributed by atoms with E-state index in [4.69, 9.17) is 0 Å². The van der Waals surface area contributed by atoms with Gasteiger partial charge in [0.15, 0.2) is 0 Å². The second-order valence-electron chi connectivity index (χ2n) is 3.07. The van der Waals surface area contributed by atoms with Gasteiger partial charge in [-0.2, -0.15) is 0 Å². The fraction of sp³-hybridized carbons (Fsp3) is 0.778. The quantitative estimate of drug-likeness (QED) is 0.585. The van der Waals surface area contributed by atoms with E-state index in [9.17, 15) is 14.7 Å². The third-order valence-corrected chi connectivity index (χ3v) is 1.74. The van der Waals surface area contributed by atoms with Gasteiger partial charge in [-0.3, -0.25) is 4.79 Å². The molecule has 0 aliphatic carbocycles. The van der Waals surface area contributed by atoms with Gasteiger partial charge in [0.05, 0.1) is 12.0 Å². The molecule has 0 heterocycles. The Hall–Kier alpha value is -1.06. The number of carboxylic acids is 1. The van der Waals surface area contributed by atoms with Crippen molar-refractivity contribution in [3.8, 4) is 0 Å². The Balaban J connectivity index is 3.56. The zero-order valence-electron chi connectivity index (χ0n) is 8.13. The van der Waals surface area contributed by atoms with Crippen LogP contribution < -0.4 is 10.4 Å². The molecular formula is C9H16NO3-. The van der Waals surface area contributed by atoms with Crippen molar-refractivity contribution < 1.29 is 14.7 Å². The van der Waals surface area contributed by atoms with Crippen LogP contribution in [0.3, 0.4) is 0 Å². The first kappa shape index (κ1) is 11.9. The highest BCUT2D eigenvalue weighted by molar-refractivity contribution is 5.82. The van der Waals surface area contributed by atoms with Crippen LogP contribution in [-0.4, -0.2) is 17.9 Å². The first-order valence-electron chi connectivity index (χ1n) is 4.58. The molecule has 1 N–H and O–H groups in total. The third-order valence-electron chi connectivity index (χ3n) is 1.74. The largest absolute Gasteiger partial charge is 0.548 e. The van der Waals surface area contributed by atoms with E-state index in [1.807, 2.05) is 6.92 Å². The summed E-state index contributed by atoms with van der Waals surface area (Å²) in [6, 6.07) is -0.894. The minimum absolute atomic E-state index is 0.217. The molecule has 1 atom stereocenters. The lowest BCUT2D eigenvalue weighted by atomic mass is 10.2. The SMILES string of the molecule is CCCCCC(=O)N[C@H](C)C(=O)[O-]. The van der Waals surface area contributed by atoms with Gasteiger partial charge in [0.25, 0.3) is 0 Å². The maximum absolute atomic E-state index is 11.0. The van der Waals surface area contributed by atoms with Crippen LogP contribution in [0.2, 0.25) is 0 Å². The smallest absolute Gasteiger partial charge is 0.220 e. The molecule has 4 heteroatoms. The Morgan fingerprint density at radius 3 is 2.46 bits per heavy atom. The van der Waals surface area contributed by atoms with E-state index in [0.717, 1.165) is 19.3 Å². The molecular weight excluding hydrogens is 170 g/mol. The van der Waals surface area contributed by atoms with Crippen LogP contribution in [0, 0.1) is 0 Å². The summed E-state index contributed by atoms with van der Waals surface area (Å²) in [5, 5.41) is 12.6. The van der Waals surface area contributed by atoms with Crippen LogP contribution in [0.4, 0.5) is 0 Å². The molecule has 0 fully saturated rings. The summed E-state index contributed by atoms with van der Waals surface area (Å²) in [4.78, 5) is 21.3. The number of amides is 1. The Labute approximate surface area is 78.3 Å². The predicted octanol–water partition coefficient (Wildman–Crippen LogP) is -0.179. The summed E-state index contributed by atoms with van der Waals surface area (Å²) in [6.45, 7) is 3.44. The molecule has 0 aliphatic heterocycles. The maximum Gasteiger partial charge on any atom is 0.220 e. The normalized spacial score (nSPS) is 12.2. The molecule has 0 aromatic heterocycles. The Kier molecular flexibility index (Phi) is 5.93. The molecule has 0 saturated carbocycles. The number of carbonyl (C=O) groups is 2. The molecule has 0 bridgehead atoms. The van der Waals surface area contributed by atoms with Crippen molar-refractivity contribution in [2.45, 2.75) is 45.6 Å². The summed E-state index contributed by atoms with van der Waals surface area (Å²) < 4.78 is 0. The minimum atomic E-state index is -1.25. The third kappa shape index (κ3) is 6.13. The molecule has 0 saturated heterocycles. The van der Waals surface area contributed by atoms with Gasteiger partial charge in [0.2, 0.25) is 5.91 Å². The van der Waals surface area contributed by atoms with Crippen molar-refractivity contribution in [1.29, 1.82) is 0 Å². The van der Waals surface area contributed by atoms with Gasteiger partial charge >= 0.3 is 0 Å². The highest BCUT2D eigenvalue weighted by Crippen LogP contribution is 1.98. The molecule has 76 valence electrons. The van der Waals surface area contributed by atoms with E-state index < -0.39 is 12.0 Å². The van der Waals surface area contributed by atoms with Gasteiger partial charge in [-0.05, 0) is 13.3 Å². The fourth-order valence-corrected chi connectivity index (χ4v) is 0.908. The fourth-order valence-electron chi connectivity index (χ4n) is 0.908. The van der Waals surface area contributed by atoms with Gasteiger partial charge < -0.3 is 15.2 Å². The zero-order valence-corrected chi connectivity index (χ0v) is 8.13. The van der Waals surface area contributed by atoms with Crippen LogP contribution in [0.25, 0.3) is 0 Å². The molecule has 0 radical (unpaired) electrons. The summed E-state index contributed by atoms with van der Waals surface area (Å²) in [5.74, 6) is -1.46. The van der Waals surface area contributed by atoms with Crippen LogP contribution in [0.15, 0.2) is 0 Å². The molecule has 0 aromatic rings. The van der Waals surface area contributed by atoms with Gasteiger partial charge in [-0.1, -0.05) is 19.8 Å². The summed E-state index contributed by atoms with van der Waals surface area (Å²) >= 11 is 0. The first-order valence-corrected chi connectivity index (χ1v) is 4.58. The summed E-state index contributed by atoms with van der Waals surface area (Å²) in [7, 11) is 0. The second kappa shape index (κ2) is 6.46. The average molecular weight is 186 g/mol. The molecule has 0 rings (SSSR count). The lowest BCUT2D eigenvalue weighted by Crippen LogP contribution is -2.45. The van der Waals surface area contributed by atoms with E-state index in [0.29, 0.717) is 6.42 Å². The highest BCUT2D eigenvalue weighted by Gasteiger charge is 2.06. The predicted molar refractivity (Wildman–Crippen MR) is 46.8 cm³/mol. The number of aliphatic carboxylic acids is 1. The molecule has 0 spiro atoms. The number of carboxylic acid groups (broad SMARTS) is 1. The number of rotatable bonds is 6. The van der Waals surface area contributed by atoms with Gasteiger partial charge in [-0.25, -0.2) is 0 Å². The first-order chi connectivity index (χ1) is 6.07. The molecule has 13 heavy (non-hydrogen) atoms. The number of hydrogen-bond donors (Lipinski definition) is 1. The van der Waals surface area contributed by atoms with Crippen molar-refractivity contribution >= 4 is 11.9 Å². The van der Waals surface area contributed by atoms with Crippen molar-refractivity contribution in [3.05, 3.63) is 0 Å². The van der Waals surface area contributed by atoms with Gasteiger partial charge in [0.1, 0.15) is 0 Å². The van der Waals surface area contributed by atoms with Crippen LogP contribution >= 0.6 is 0 Å². The van der Waals surface area contributed by atoms with E-state index in [2.05, 4.69) is 5.32 Å². The summed E-state index contributed by atoms with van der Waals surface area (Å²) in [6.07, 6.45) is 3.24. The highest BCUT2D eigenvalue weighted by atomic mass is 16.4. The molecule has 0 unspecified atom stereocenters. The van der Waals surface area contributed by atoms with Crippen molar-refractivity contribution in [1.82, 2.24) is 5.32 Å². The van der Waals surface area contributed by atoms with Gasteiger partial charge in [-0.15, -0.1) is 0 Å². The van der Waals surface area contributed by atoms with E-state index in [-0.39, 0.29) is 5.91 Å². The molecule has 0 aliphatic rings. The number of nitrogens with one attached hydrogen (secondary N) is 1. The van der Waals surface area contributed by atoms with Crippen molar-refractivity contribution in [3.63, 3.8) is 0 Å². The Morgan fingerprint density at radius 1 is 1.38 bits per heavy atom. The monoisotopic (exact) mass is 186 g/mol. The maximum atomic E-state index is 11.0. The average Bonchev–Trinajstić information content (AvgIpc) is 2.04. The van der Waals surface area contributed by atoms with E-state index >= 15 is 0 Å². The number of unbranched alkanes of at least 4 members (excludes halogenated alkanes) is 2. The van der Waals surface area contributed by atoms with Crippen LogP contribution in [0.1, 0.15) is 39.5 Å². The van der Waals surface area contributed by atoms with Crippen LogP contribution in [0.5, 0.6) is 0 Å².